The molecule has 4 rings (SSSR count). The van der Waals surface area contributed by atoms with Gasteiger partial charge in [-0.3, -0.25) is 9.59 Å². The molecule has 0 saturated carbocycles. The van der Waals surface area contributed by atoms with Crippen molar-refractivity contribution in [2.75, 3.05) is 6.54 Å². The molecule has 1 aromatic carbocycles. The molecular weight excluding hydrogens is 435 g/mol. The van der Waals surface area contributed by atoms with Gasteiger partial charge in [0.25, 0.3) is 5.91 Å². The topological polar surface area (TPSA) is 82.0 Å². The minimum Gasteiger partial charge on any atom is -0.480 e. The molecule has 172 valence electrons. The van der Waals surface area contributed by atoms with E-state index >= 15 is 0 Å². The van der Waals surface area contributed by atoms with Crippen LogP contribution in [0.25, 0.3) is 5.57 Å². The van der Waals surface area contributed by atoms with E-state index in [2.05, 4.69) is 10.3 Å². The number of allylic oxidation sites excluding steroid dienone is 5. The molecule has 2 N–H and O–H groups in total. The van der Waals surface area contributed by atoms with Crippen LogP contribution in [-0.4, -0.2) is 46.5 Å². The zero-order valence-electron chi connectivity index (χ0n) is 17.8. The molecule has 0 radical (unpaired) electrons. The van der Waals surface area contributed by atoms with Crippen molar-refractivity contribution in [2.45, 2.75) is 38.4 Å². The molecule has 33 heavy (non-hydrogen) atoms. The number of carbonyl (C=O) groups is 2. The van der Waals surface area contributed by atoms with Crippen molar-refractivity contribution in [1.82, 2.24) is 10.2 Å². The number of aliphatic imine (C=N–C) groups is 1. The molecule has 0 aromatic heterocycles. The van der Waals surface area contributed by atoms with Crippen molar-refractivity contribution in [2.24, 2.45) is 4.99 Å². The number of halogens is 3. The van der Waals surface area contributed by atoms with Gasteiger partial charge >= 0.3 is 12.1 Å². The standard InChI is InChI=1S/C24H22F3N3O3/c1-14-28-22-19(7-4-8-20(22)30(14)13-21(31)32)29-23(33)18-6-3-2-5-17(18)15-9-11-16(12-10-15)24(25,26)27/h2-7,9,11,20H,8,10,12-13H2,1H3,(H,29,33)(H,31,32). The van der Waals surface area contributed by atoms with E-state index in [1.807, 2.05) is 6.08 Å². The predicted octanol–water partition coefficient (Wildman–Crippen LogP) is 4.44. The van der Waals surface area contributed by atoms with Crippen LogP contribution in [0, 0.1) is 0 Å². The quantitative estimate of drug-likeness (QED) is 0.685. The van der Waals surface area contributed by atoms with E-state index in [-0.39, 0.29) is 25.4 Å². The van der Waals surface area contributed by atoms with Gasteiger partial charge in [-0.1, -0.05) is 36.4 Å². The summed E-state index contributed by atoms with van der Waals surface area (Å²) in [6.07, 6.45) is 2.34. The molecule has 3 aliphatic rings. The summed E-state index contributed by atoms with van der Waals surface area (Å²) in [4.78, 5) is 30.5. The van der Waals surface area contributed by atoms with Crippen molar-refractivity contribution >= 4 is 23.3 Å². The van der Waals surface area contributed by atoms with Gasteiger partial charge in [0, 0.05) is 11.1 Å². The average Bonchev–Trinajstić information content (AvgIpc) is 3.09. The van der Waals surface area contributed by atoms with E-state index in [4.69, 9.17) is 0 Å². The highest BCUT2D eigenvalue weighted by Crippen LogP contribution is 2.36. The first-order chi connectivity index (χ1) is 15.6. The lowest BCUT2D eigenvalue weighted by Gasteiger charge is -2.27. The Bertz CT molecular complexity index is 1160. The van der Waals surface area contributed by atoms with Crippen molar-refractivity contribution < 1.29 is 27.9 Å². The summed E-state index contributed by atoms with van der Waals surface area (Å²) < 4.78 is 38.9. The molecule has 1 aliphatic heterocycles. The third-order valence-corrected chi connectivity index (χ3v) is 5.89. The van der Waals surface area contributed by atoms with Gasteiger partial charge in [0.15, 0.2) is 0 Å². The fraction of sp³-hybridized carbons (Fsp3) is 0.292. The normalized spacial score (nSPS) is 20.2. The maximum atomic E-state index is 13.2. The van der Waals surface area contributed by atoms with Gasteiger partial charge < -0.3 is 15.3 Å². The lowest BCUT2D eigenvalue weighted by Crippen LogP contribution is -2.40. The number of carboxylic acid groups (broad SMARTS) is 1. The Labute approximate surface area is 188 Å². The van der Waals surface area contributed by atoms with Gasteiger partial charge in [0.1, 0.15) is 12.4 Å². The number of nitrogens with zero attached hydrogens (tertiary/aromatic N) is 2. The fourth-order valence-corrected chi connectivity index (χ4v) is 4.29. The molecule has 1 atom stereocenters. The highest BCUT2D eigenvalue weighted by molar-refractivity contribution is 6.00. The number of carboxylic acids is 1. The van der Waals surface area contributed by atoms with Gasteiger partial charge in [-0.05, 0) is 49.5 Å². The average molecular weight is 457 g/mol. The number of carbonyl (C=O) groups excluding carboxylic acids is 1. The number of amides is 1. The Morgan fingerprint density at radius 1 is 1.21 bits per heavy atom. The van der Waals surface area contributed by atoms with E-state index in [0.29, 0.717) is 40.4 Å². The molecule has 0 spiro atoms. The molecule has 1 amide bonds. The zero-order valence-corrected chi connectivity index (χ0v) is 17.8. The van der Waals surface area contributed by atoms with Gasteiger partial charge in [0.2, 0.25) is 0 Å². The Morgan fingerprint density at radius 3 is 2.64 bits per heavy atom. The minimum atomic E-state index is -4.36. The van der Waals surface area contributed by atoms with Gasteiger partial charge in [-0.15, -0.1) is 0 Å². The Morgan fingerprint density at radius 2 is 1.97 bits per heavy atom. The number of benzene rings is 1. The second kappa shape index (κ2) is 8.73. The Hall–Kier alpha value is -3.62. The van der Waals surface area contributed by atoms with Crippen LogP contribution in [0.5, 0.6) is 0 Å². The molecule has 0 saturated heterocycles. The lowest BCUT2D eigenvalue weighted by atomic mass is 9.90. The van der Waals surface area contributed by atoms with Crippen LogP contribution in [0.4, 0.5) is 13.2 Å². The van der Waals surface area contributed by atoms with Crippen molar-refractivity contribution in [3.05, 3.63) is 76.7 Å². The third kappa shape index (κ3) is 4.62. The van der Waals surface area contributed by atoms with Crippen LogP contribution in [-0.2, 0) is 4.79 Å². The van der Waals surface area contributed by atoms with Crippen LogP contribution in [0.1, 0.15) is 42.1 Å². The van der Waals surface area contributed by atoms with Gasteiger partial charge in [-0.2, -0.15) is 13.2 Å². The summed E-state index contributed by atoms with van der Waals surface area (Å²) in [7, 11) is 0. The van der Waals surface area contributed by atoms with E-state index < -0.39 is 23.6 Å². The number of hydrogen-bond donors (Lipinski definition) is 2. The minimum absolute atomic E-state index is 0.140. The molecule has 0 fully saturated rings. The number of nitrogens with one attached hydrogen (secondary N) is 1. The number of fused-ring (bicyclic) bond motifs is 1. The van der Waals surface area contributed by atoms with Crippen LogP contribution >= 0.6 is 0 Å². The first kappa shape index (κ1) is 22.6. The van der Waals surface area contributed by atoms with Crippen LogP contribution < -0.4 is 5.32 Å². The van der Waals surface area contributed by atoms with Gasteiger partial charge in [0.05, 0.1) is 17.4 Å². The maximum absolute atomic E-state index is 13.2. The summed E-state index contributed by atoms with van der Waals surface area (Å²) >= 11 is 0. The van der Waals surface area contributed by atoms with Crippen molar-refractivity contribution in [3.63, 3.8) is 0 Å². The molecule has 6 nitrogen and oxygen atoms in total. The molecule has 9 heteroatoms. The summed E-state index contributed by atoms with van der Waals surface area (Å²) in [6.45, 7) is 1.53. The largest absolute Gasteiger partial charge is 0.480 e. The second-order valence-corrected chi connectivity index (χ2v) is 8.01. The molecule has 2 aliphatic carbocycles. The zero-order chi connectivity index (χ0) is 23.8. The van der Waals surface area contributed by atoms with E-state index in [9.17, 15) is 27.9 Å². The van der Waals surface area contributed by atoms with Crippen LogP contribution in [0.3, 0.4) is 0 Å². The summed E-state index contributed by atoms with van der Waals surface area (Å²) in [6, 6.07) is 6.51. The number of rotatable bonds is 5. The highest BCUT2D eigenvalue weighted by atomic mass is 19.4. The van der Waals surface area contributed by atoms with E-state index in [0.717, 1.165) is 6.08 Å². The molecular formula is C24H22F3N3O3. The van der Waals surface area contributed by atoms with E-state index in [1.54, 1.807) is 42.2 Å². The number of alkyl halides is 3. The van der Waals surface area contributed by atoms with Crippen LogP contribution in [0.2, 0.25) is 0 Å². The first-order valence-corrected chi connectivity index (χ1v) is 10.5. The maximum Gasteiger partial charge on any atom is 0.412 e. The van der Waals surface area contributed by atoms with E-state index in [1.165, 1.54) is 6.08 Å². The summed E-state index contributed by atoms with van der Waals surface area (Å²) in [5.74, 6) is -0.814. The molecule has 0 bridgehead atoms. The van der Waals surface area contributed by atoms with Gasteiger partial charge in [-0.25, -0.2) is 4.99 Å². The predicted molar refractivity (Wildman–Crippen MR) is 117 cm³/mol. The molecule has 1 aromatic rings. The smallest absolute Gasteiger partial charge is 0.412 e. The lowest BCUT2D eigenvalue weighted by molar-refractivity contribution is -0.137. The highest BCUT2D eigenvalue weighted by Gasteiger charge is 2.35. The Balaban J connectivity index is 1.60. The fourth-order valence-electron chi connectivity index (χ4n) is 4.29. The second-order valence-electron chi connectivity index (χ2n) is 8.01. The SMILES string of the molecule is CC1=NC2=C(NC(=O)c3ccccc3C3=CC=C(C(F)(F)F)CC3)C=CCC2N1CC(=O)O. The van der Waals surface area contributed by atoms with Crippen LogP contribution in [0.15, 0.2) is 70.5 Å². The molecule has 1 unspecified atom stereocenters. The van der Waals surface area contributed by atoms with Crippen molar-refractivity contribution in [3.8, 4) is 0 Å². The summed E-state index contributed by atoms with van der Waals surface area (Å²) in [5, 5.41) is 12.0. The Kier molecular flexibility index (Phi) is 5.97. The number of aliphatic carboxylic acids is 1. The van der Waals surface area contributed by atoms with Crippen molar-refractivity contribution in [1.29, 1.82) is 0 Å². The number of hydrogen-bond acceptors (Lipinski definition) is 4. The summed E-state index contributed by atoms with van der Waals surface area (Å²) in [5.41, 5.74) is 2.07. The number of amidine groups is 1. The monoisotopic (exact) mass is 457 g/mol. The first-order valence-electron chi connectivity index (χ1n) is 10.5. The third-order valence-electron chi connectivity index (χ3n) is 5.89. The molecule has 1 heterocycles.